The monoisotopic (exact) mass is 606 g/mol. The van der Waals surface area contributed by atoms with Crippen LogP contribution in [-0.2, 0) is 9.53 Å². The van der Waals surface area contributed by atoms with Gasteiger partial charge in [0.1, 0.15) is 11.8 Å². The van der Waals surface area contributed by atoms with Crippen LogP contribution in [0, 0.1) is 10.1 Å². The van der Waals surface area contributed by atoms with Crippen molar-refractivity contribution in [3.63, 3.8) is 0 Å². The summed E-state index contributed by atoms with van der Waals surface area (Å²) in [6, 6.07) is 14.0. The highest BCUT2D eigenvalue weighted by molar-refractivity contribution is 7.07. The van der Waals surface area contributed by atoms with Crippen molar-refractivity contribution in [3.8, 4) is 11.4 Å². The molecule has 0 aliphatic carbocycles. The van der Waals surface area contributed by atoms with E-state index >= 15 is 0 Å². The summed E-state index contributed by atoms with van der Waals surface area (Å²) in [5, 5.41) is 11.8. The third-order valence-electron chi connectivity index (χ3n) is 6.76. The molecular weight excluding hydrogens is 580 g/mol. The molecule has 4 aromatic rings. The molecule has 216 valence electrons. The number of thiazole rings is 1. The summed E-state index contributed by atoms with van der Waals surface area (Å²) in [6.07, 6.45) is 4.68. The first-order valence-electron chi connectivity index (χ1n) is 13.2. The first-order chi connectivity index (χ1) is 20.3. The van der Waals surface area contributed by atoms with E-state index in [2.05, 4.69) is 0 Å². The van der Waals surface area contributed by atoms with Gasteiger partial charge in [-0.15, -0.1) is 0 Å². The first kappa shape index (κ1) is 29.0. The third-order valence-corrected chi connectivity index (χ3v) is 7.97. The fourth-order valence-corrected chi connectivity index (χ4v) is 6.16. The molecule has 1 aliphatic heterocycles. The Morgan fingerprint density at radius 3 is 2.71 bits per heavy atom. The lowest BCUT2D eigenvalue weighted by Gasteiger charge is -2.27. The molecule has 1 atom stereocenters. The number of fused-ring (bicyclic) bond motifs is 1. The average molecular weight is 607 g/mol. The molecule has 1 aliphatic rings. The van der Waals surface area contributed by atoms with E-state index < -0.39 is 16.9 Å². The van der Waals surface area contributed by atoms with E-state index in [1.807, 2.05) is 6.92 Å². The van der Waals surface area contributed by atoms with Crippen LogP contribution in [-0.4, -0.2) is 33.7 Å². The highest BCUT2D eigenvalue weighted by atomic mass is 35.5. The van der Waals surface area contributed by atoms with Crippen LogP contribution in [0.2, 0.25) is 5.02 Å². The van der Waals surface area contributed by atoms with Crippen LogP contribution >= 0.6 is 22.9 Å². The van der Waals surface area contributed by atoms with Crippen molar-refractivity contribution in [3.05, 3.63) is 118 Å². The zero-order valence-electron chi connectivity index (χ0n) is 23.1. The topological polar surface area (TPSA) is 118 Å². The number of carbonyl (C=O) groups excluding carboxylic acids is 1. The Balaban J connectivity index is 1.75. The van der Waals surface area contributed by atoms with Crippen LogP contribution < -0.4 is 19.6 Å². The number of carbonyl (C=O) groups is 1. The van der Waals surface area contributed by atoms with Crippen LogP contribution in [0.4, 0.5) is 5.69 Å². The normalized spacial score (nSPS) is 14.9. The van der Waals surface area contributed by atoms with Crippen molar-refractivity contribution in [2.45, 2.75) is 32.7 Å². The molecular formula is C30H27ClN4O6S. The second-order valence-electron chi connectivity index (χ2n) is 9.38. The zero-order valence-corrected chi connectivity index (χ0v) is 24.6. The number of non-ortho nitro benzene ring substituents is 1. The van der Waals surface area contributed by atoms with E-state index in [4.69, 9.17) is 26.1 Å². The van der Waals surface area contributed by atoms with Crippen molar-refractivity contribution in [2.24, 2.45) is 4.99 Å². The Kier molecular flexibility index (Phi) is 8.41. The number of hydrogen-bond donors (Lipinski definition) is 0. The number of aromatic nitrogens is 2. The molecule has 10 nitrogen and oxygen atoms in total. The molecule has 0 saturated carbocycles. The maximum absolute atomic E-state index is 14.1. The van der Waals surface area contributed by atoms with Gasteiger partial charge in [-0.3, -0.25) is 19.5 Å². The number of nitrogens with zero attached hydrogens (tertiary/aromatic N) is 4. The minimum Gasteiger partial charge on any atom is -0.496 e. The van der Waals surface area contributed by atoms with Crippen molar-refractivity contribution in [1.82, 2.24) is 9.13 Å². The molecule has 0 amide bonds. The van der Waals surface area contributed by atoms with Crippen LogP contribution in [0.3, 0.4) is 0 Å². The standard InChI is InChI=1S/C30H27ClN4O6S/c1-4-8-23-26(29(37)41-5-2)27(22-15-18(31)12-13-24(22)40-3)34-28(36)25(42-30(34)32-23)17-20-11-7-14-33(20)19-9-6-10-21(16-19)35(38)39/h6-7,9-17,27H,4-5,8H2,1-3H3/b25-17+/t27-/m0/s1. The Bertz CT molecular complexity index is 1900. The molecule has 0 N–H and O–H groups in total. The lowest BCUT2D eigenvalue weighted by atomic mass is 9.93. The number of nitro benzene ring substituents is 1. The molecule has 0 radical (unpaired) electrons. The summed E-state index contributed by atoms with van der Waals surface area (Å²) >= 11 is 7.60. The van der Waals surface area contributed by atoms with E-state index in [1.165, 1.54) is 35.1 Å². The van der Waals surface area contributed by atoms with Crippen LogP contribution in [0.5, 0.6) is 5.75 Å². The Hall–Kier alpha value is -4.48. The van der Waals surface area contributed by atoms with Crippen molar-refractivity contribution < 1.29 is 19.2 Å². The zero-order chi connectivity index (χ0) is 30.0. The number of hydrogen-bond acceptors (Lipinski definition) is 8. The highest BCUT2D eigenvalue weighted by Gasteiger charge is 2.36. The predicted molar refractivity (Wildman–Crippen MR) is 160 cm³/mol. The van der Waals surface area contributed by atoms with E-state index in [9.17, 15) is 19.7 Å². The number of halogens is 1. The molecule has 2 aromatic heterocycles. The number of benzene rings is 2. The summed E-state index contributed by atoms with van der Waals surface area (Å²) in [5.41, 5.74) is 2.13. The van der Waals surface area contributed by atoms with Gasteiger partial charge in [0.25, 0.3) is 11.2 Å². The minimum absolute atomic E-state index is 0.0445. The van der Waals surface area contributed by atoms with Crippen LogP contribution in [0.15, 0.2) is 81.9 Å². The Morgan fingerprint density at radius 2 is 2.00 bits per heavy atom. The Morgan fingerprint density at radius 1 is 1.19 bits per heavy atom. The second kappa shape index (κ2) is 12.2. The van der Waals surface area contributed by atoms with Crippen molar-refractivity contribution >= 4 is 40.7 Å². The molecule has 0 spiro atoms. The van der Waals surface area contributed by atoms with Gasteiger partial charge in [-0.25, -0.2) is 9.79 Å². The van der Waals surface area contributed by atoms with Crippen molar-refractivity contribution in [1.29, 1.82) is 0 Å². The lowest BCUT2D eigenvalue weighted by molar-refractivity contribution is -0.384. The molecule has 42 heavy (non-hydrogen) atoms. The fraction of sp³-hybridized carbons (Fsp3) is 0.233. The van der Waals surface area contributed by atoms with E-state index in [0.717, 1.165) is 0 Å². The summed E-state index contributed by atoms with van der Waals surface area (Å²) in [6.45, 7) is 3.86. The second-order valence-corrected chi connectivity index (χ2v) is 10.8. The minimum atomic E-state index is -0.888. The van der Waals surface area contributed by atoms with Crippen LogP contribution in [0.25, 0.3) is 11.8 Å². The summed E-state index contributed by atoms with van der Waals surface area (Å²) in [5.74, 6) is -0.108. The van der Waals surface area contributed by atoms with Gasteiger partial charge in [0.05, 0.1) is 40.1 Å². The molecule has 0 bridgehead atoms. The molecule has 0 saturated heterocycles. The molecule has 0 unspecified atom stereocenters. The predicted octanol–water partition coefficient (Wildman–Crippen LogP) is 4.94. The maximum atomic E-state index is 14.1. The highest BCUT2D eigenvalue weighted by Crippen LogP contribution is 2.38. The third kappa shape index (κ3) is 5.40. The van der Waals surface area contributed by atoms with Gasteiger partial charge >= 0.3 is 5.97 Å². The number of esters is 1. The number of nitro groups is 1. The SMILES string of the molecule is CCCC1=C(C(=O)OCC)[C@H](c2cc(Cl)ccc2OC)n2c(s/c(=C/c3cccn3-c3cccc([N+](=O)[O-])c3)c2=O)=N1. The largest absolute Gasteiger partial charge is 0.496 e. The molecule has 5 rings (SSSR count). The quantitative estimate of drug-likeness (QED) is 0.151. The van der Waals surface area contributed by atoms with Gasteiger partial charge in [-0.05, 0) is 55.8 Å². The molecule has 0 fully saturated rings. The fourth-order valence-electron chi connectivity index (χ4n) is 4.97. The van der Waals surface area contributed by atoms with E-state index in [0.29, 0.717) is 55.6 Å². The number of rotatable bonds is 9. The first-order valence-corrected chi connectivity index (χ1v) is 14.4. The number of allylic oxidation sites excluding steroid dienone is 1. The lowest BCUT2D eigenvalue weighted by Crippen LogP contribution is -2.40. The van der Waals surface area contributed by atoms with Gasteiger partial charge in [0.2, 0.25) is 0 Å². The van der Waals surface area contributed by atoms with E-state index in [1.54, 1.807) is 66.2 Å². The average Bonchev–Trinajstić information content (AvgIpc) is 3.56. The molecule has 2 aromatic carbocycles. The van der Waals surface area contributed by atoms with Gasteiger partial charge in [-0.1, -0.05) is 42.3 Å². The molecule has 3 heterocycles. The number of methoxy groups -OCH3 is 1. The smallest absolute Gasteiger partial charge is 0.338 e. The van der Waals surface area contributed by atoms with Gasteiger partial charge in [0.15, 0.2) is 4.80 Å². The number of ether oxygens (including phenoxy) is 2. The summed E-state index contributed by atoms with van der Waals surface area (Å²) in [4.78, 5) is 43.6. The summed E-state index contributed by atoms with van der Waals surface area (Å²) in [7, 11) is 1.51. The molecule has 12 heteroatoms. The maximum Gasteiger partial charge on any atom is 0.338 e. The van der Waals surface area contributed by atoms with Gasteiger partial charge in [-0.2, -0.15) is 0 Å². The Labute approximate surface area is 249 Å². The van der Waals surface area contributed by atoms with Crippen molar-refractivity contribution in [2.75, 3.05) is 13.7 Å². The van der Waals surface area contributed by atoms with E-state index in [-0.39, 0.29) is 23.4 Å². The van der Waals surface area contributed by atoms with Crippen LogP contribution in [0.1, 0.15) is 44.0 Å². The van der Waals surface area contributed by atoms with Gasteiger partial charge in [0, 0.05) is 34.6 Å². The van der Waals surface area contributed by atoms with Gasteiger partial charge < -0.3 is 14.0 Å². The summed E-state index contributed by atoms with van der Waals surface area (Å²) < 4.78 is 14.7.